The SMILES string of the molecule is CCCCCCCCCC(=O)N(CCC(=O)Nc1nnc(-c2ccc(Cl)cc2)s1)[C@H](C)CC. The predicted octanol–water partition coefficient (Wildman–Crippen LogP) is 6.95. The number of aromatic nitrogens is 2. The largest absolute Gasteiger partial charge is 0.339 e. The Balaban J connectivity index is 1.79. The molecule has 1 N–H and O–H groups in total. The van der Waals surface area contributed by atoms with Crippen LogP contribution in [0.15, 0.2) is 24.3 Å². The Morgan fingerprint density at radius 3 is 2.33 bits per heavy atom. The average molecular weight is 493 g/mol. The molecule has 0 radical (unpaired) electrons. The molecule has 1 aromatic carbocycles. The lowest BCUT2D eigenvalue weighted by Crippen LogP contribution is -2.40. The van der Waals surface area contributed by atoms with Gasteiger partial charge in [0, 0.05) is 36.0 Å². The van der Waals surface area contributed by atoms with Crippen molar-refractivity contribution in [1.82, 2.24) is 15.1 Å². The highest BCUT2D eigenvalue weighted by Crippen LogP contribution is 2.27. The van der Waals surface area contributed by atoms with E-state index in [1.165, 1.54) is 43.4 Å². The van der Waals surface area contributed by atoms with Crippen LogP contribution in [0.25, 0.3) is 10.6 Å². The van der Waals surface area contributed by atoms with Crippen molar-refractivity contribution in [1.29, 1.82) is 0 Å². The summed E-state index contributed by atoms with van der Waals surface area (Å²) in [5.74, 6) is -0.0162. The molecule has 0 unspecified atom stereocenters. The Labute approximate surface area is 207 Å². The lowest BCUT2D eigenvalue weighted by Gasteiger charge is -2.28. The summed E-state index contributed by atoms with van der Waals surface area (Å²) in [4.78, 5) is 27.2. The first-order valence-electron chi connectivity index (χ1n) is 12.1. The van der Waals surface area contributed by atoms with Crippen LogP contribution in [0, 0.1) is 0 Å². The van der Waals surface area contributed by atoms with Gasteiger partial charge >= 0.3 is 0 Å². The smallest absolute Gasteiger partial charge is 0.227 e. The van der Waals surface area contributed by atoms with Crippen LogP contribution < -0.4 is 5.32 Å². The van der Waals surface area contributed by atoms with Gasteiger partial charge in [-0.2, -0.15) is 0 Å². The normalized spacial score (nSPS) is 11.9. The maximum atomic E-state index is 12.8. The Hall–Kier alpha value is -1.99. The number of carbonyl (C=O) groups excluding carboxylic acids is 2. The average Bonchev–Trinajstić information content (AvgIpc) is 3.27. The van der Waals surface area contributed by atoms with Gasteiger partial charge in [-0.15, -0.1) is 10.2 Å². The second-order valence-electron chi connectivity index (χ2n) is 8.43. The molecule has 6 nitrogen and oxygen atoms in total. The monoisotopic (exact) mass is 492 g/mol. The fraction of sp³-hybridized carbons (Fsp3) is 0.600. The van der Waals surface area contributed by atoms with Crippen LogP contribution in [-0.2, 0) is 9.59 Å². The Kier molecular flexibility index (Phi) is 12.4. The van der Waals surface area contributed by atoms with E-state index in [9.17, 15) is 9.59 Å². The molecule has 8 heteroatoms. The van der Waals surface area contributed by atoms with Crippen LogP contribution in [-0.4, -0.2) is 39.5 Å². The summed E-state index contributed by atoms with van der Waals surface area (Å²) in [6.45, 7) is 6.75. The number of amides is 2. The fourth-order valence-electron chi connectivity index (χ4n) is 3.57. The lowest BCUT2D eigenvalue weighted by atomic mass is 10.1. The lowest BCUT2D eigenvalue weighted by molar-refractivity contribution is -0.133. The molecule has 0 fully saturated rings. The molecular formula is C25H37ClN4O2S. The quantitative estimate of drug-likeness (QED) is 0.273. The number of rotatable bonds is 15. The van der Waals surface area contributed by atoms with Gasteiger partial charge in [-0.05, 0) is 31.9 Å². The van der Waals surface area contributed by atoms with Crippen molar-refractivity contribution in [2.45, 2.75) is 91.0 Å². The molecule has 33 heavy (non-hydrogen) atoms. The van der Waals surface area contributed by atoms with Gasteiger partial charge in [0.25, 0.3) is 0 Å². The second-order valence-corrected chi connectivity index (χ2v) is 9.85. The van der Waals surface area contributed by atoms with Crippen molar-refractivity contribution in [3.05, 3.63) is 29.3 Å². The maximum Gasteiger partial charge on any atom is 0.227 e. The van der Waals surface area contributed by atoms with E-state index in [4.69, 9.17) is 11.6 Å². The van der Waals surface area contributed by atoms with E-state index in [-0.39, 0.29) is 24.3 Å². The number of unbranched alkanes of at least 4 members (excludes halogenated alkanes) is 6. The Bertz CT molecular complexity index is 856. The number of hydrogen-bond acceptors (Lipinski definition) is 5. The third-order valence-corrected chi connectivity index (χ3v) is 6.92. The predicted molar refractivity (Wildman–Crippen MR) is 138 cm³/mol. The molecule has 0 saturated carbocycles. The van der Waals surface area contributed by atoms with Crippen LogP contribution in [0.2, 0.25) is 5.02 Å². The molecule has 2 aromatic rings. The summed E-state index contributed by atoms with van der Waals surface area (Å²) >= 11 is 7.24. The summed E-state index contributed by atoms with van der Waals surface area (Å²) in [5, 5.41) is 12.9. The zero-order valence-corrected chi connectivity index (χ0v) is 21.7. The van der Waals surface area contributed by atoms with Crippen LogP contribution in [0.4, 0.5) is 5.13 Å². The van der Waals surface area contributed by atoms with Gasteiger partial charge in [0.2, 0.25) is 16.9 Å². The summed E-state index contributed by atoms with van der Waals surface area (Å²) in [7, 11) is 0. The van der Waals surface area contributed by atoms with Gasteiger partial charge in [-0.25, -0.2) is 0 Å². The van der Waals surface area contributed by atoms with Crippen molar-refractivity contribution in [2.75, 3.05) is 11.9 Å². The number of hydrogen-bond donors (Lipinski definition) is 1. The molecule has 2 rings (SSSR count). The molecule has 0 aliphatic carbocycles. The first-order valence-corrected chi connectivity index (χ1v) is 13.3. The molecule has 0 aliphatic heterocycles. The molecule has 182 valence electrons. The van der Waals surface area contributed by atoms with Crippen molar-refractivity contribution in [3.63, 3.8) is 0 Å². The van der Waals surface area contributed by atoms with E-state index in [0.717, 1.165) is 24.8 Å². The summed E-state index contributed by atoms with van der Waals surface area (Å²) in [6.07, 6.45) is 9.95. The molecule has 1 aromatic heterocycles. The number of benzene rings is 1. The molecule has 1 heterocycles. The fourth-order valence-corrected chi connectivity index (χ4v) is 4.47. The van der Waals surface area contributed by atoms with E-state index < -0.39 is 0 Å². The number of carbonyl (C=O) groups is 2. The highest BCUT2D eigenvalue weighted by atomic mass is 35.5. The molecule has 2 amide bonds. The van der Waals surface area contributed by atoms with Crippen LogP contribution in [0.5, 0.6) is 0 Å². The molecular weight excluding hydrogens is 456 g/mol. The molecule has 0 spiro atoms. The molecule has 0 saturated heterocycles. The number of anilines is 1. The highest BCUT2D eigenvalue weighted by molar-refractivity contribution is 7.18. The molecule has 1 atom stereocenters. The first kappa shape index (κ1) is 27.3. The van der Waals surface area contributed by atoms with Crippen molar-refractivity contribution >= 4 is 39.9 Å². The van der Waals surface area contributed by atoms with Crippen LogP contribution >= 0.6 is 22.9 Å². The van der Waals surface area contributed by atoms with Gasteiger partial charge in [-0.1, -0.05) is 87.4 Å². The topological polar surface area (TPSA) is 75.2 Å². The van der Waals surface area contributed by atoms with E-state index in [2.05, 4.69) is 29.4 Å². The number of halogens is 1. The molecule has 0 bridgehead atoms. The Morgan fingerprint density at radius 2 is 1.67 bits per heavy atom. The summed E-state index contributed by atoms with van der Waals surface area (Å²) in [5.41, 5.74) is 0.899. The van der Waals surface area contributed by atoms with Gasteiger partial charge in [-0.3, -0.25) is 9.59 Å². The third kappa shape index (κ3) is 9.80. The second kappa shape index (κ2) is 15.0. The van der Waals surface area contributed by atoms with Crippen LogP contribution in [0.1, 0.15) is 85.0 Å². The first-order chi connectivity index (χ1) is 15.9. The number of nitrogens with zero attached hydrogens (tertiary/aromatic N) is 3. The van der Waals surface area contributed by atoms with Crippen molar-refractivity contribution in [2.24, 2.45) is 0 Å². The standard InChI is InChI=1S/C25H37ClN4O2S/c1-4-6-7-8-9-10-11-12-23(32)30(19(3)5-2)18-17-22(31)27-25-29-28-24(33-25)20-13-15-21(26)16-14-20/h13-16,19H,4-12,17-18H2,1-3H3,(H,27,29,31)/t19-/m1/s1. The summed E-state index contributed by atoms with van der Waals surface area (Å²) in [6, 6.07) is 7.45. The minimum atomic E-state index is -0.161. The Morgan fingerprint density at radius 1 is 1.00 bits per heavy atom. The van der Waals surface area contributed by atoms with Crippen molar-refractivity contribution < 1.29 is 9.59 Å². The van der Waals surface area contributed by atoms with E-state index in [0.29, 0.717) is 28.1 Å². The van der Waals surface area contributed by atoms with Crippen molar-refractivity contribution in [3.8, 4) is 10.6 Å². The highest BCUT2D eigenvalue weighted by Gasteiger charge is 2.20. The van der Waals surface area contributed by atoms with Gasteiger partial charge in [0.05, 0.1) is 0 Å². The van der Waals surface area contributed by atoms with E-state index in [1.807, 2.05) is 24.0 Å². The van der Waals surface area contributed by atoms with Crippen LogP contribution in [0.3, 0.4) is 0 Å². The minimum absolute atomic E-state index is 0.118. The summed E-state index contributed by atoms with van der Waals surface area (Å²) < 4.78 is 0. The third-order valence-electron chi connectivity index (χ3n) is 5.78. The van der Waals surface area contributed by atoms with Gasteiger partial charge in [0.1, 0.15) is 5.01 Å². The molecule has 0 aliphatic rings. The minimum Gasteiger partial charge on any atom is -0.339 e. The number of nitrogens with one attached hydrogen (secondary N) is 1. The van der Waals surface area contributed by atoms with Gasteiger partial charge < -0.3 is 10.2 Å². The van der Waals surface area contributed by atoms with E-state index >= 15 is 0 Å². The van der Waals surface area contributed by atoms with Gasteiger partial charge in [0.15, 0.2) is 0 Å². The zero-order chi connectivity index (χ0) is 24.1. The zero-order valence-electron chi connectivity index (χ0n) is 20.1. The maximum absolute atomic E-state index is 12.8. The van der Waals surface area contributed by atoms with E-state index in [1.54, 1.807) is 12.1 Å².